The minimum atomic E-state index is -3.70. The third-order valence-electron chi connectivity index (χ3n) is 5.07. The van der Waals surface area contributed by atoms with Crippen LogP contribution < -0.4 is 9.04 Å². The molecule has 0 N–H and O–H groups in total. The minimum absolute atomic E-state index is 0.00126. The summed E-state index contributed by atoms with van der Waals surface area (Å²) in [4.78, 5) is 16.5. The summed E-state index contributed by atoms with van der Waals surface area (Å²) in [6.07, 6.45) is 1.60. The highest BCUT2D eigenvalue weighted by Gasteiger charge is 2.21. The van der Waals surface area contributed by atoms with E-state index in [0.29, 0.717) is 17.1 Å². The molecular weight excluding hydrogens is 459 g/mol. The maximum atomic E-state index is 13.9. The Morgan fingerprint density at radius 2 is 1.68 bits per heavy atom. The Hall–Kier alpha value is -3.98. The zero-order chi connectivity index (χ0) is 24.1. The highest BCUT2D eigenvalue weighted by atomic mass is 32.2. The van der Waals surface area contributed by atoms with Gasteiger partial charge in [0, 0.05) is 13.5 Å². The molecule has 9 heteroatoms. The van der Waals surface area contributed by atoms with E-state index in [9.17, 15) is 17.6 Å². The van der Waals surface area contributed by atoms with Gasteiger partial charge in [0.05, 0.1) is 28.8 Å². The van der Waals surface area contributed by atoms with Crippen LogP contribution in [-0.2, 0) is 21.2 Å². The van der Waals surface area contributed by atoms with Gasteiger partial charge in [-0.3, -0.25) is 9.10 Å². The Labute approximate surface area is 196 Å². The maximum absolute atomic E-state index is 13.9. The predicted molar refractivity (Wildman–Crippen MR) is 124 cm³/mol. The van der Waals surface area contributed by atoms with Gasteiger partial charge in [-0.05, 0) is 48.5 Å². The van der Waals surface area contributed by atoms with E-state index in [4.69, 9.17) is 9.15 Å². The first-order valence-corrected chi connectivity index (χ1v) is 11.8. The first-order valence-electron chi connectivity index (χ1n) is 10.4. The number of oxazole rings is 1. The lowest BCUT2D eigenvalue weighted by Gasteiger charge is -2.19. The summed E-state index contributed by atoms with van der Waals surface area (Å²) in [6, 6.07) is 20.4. The summed E-state index contributed by atoms with van der Waals surface area (Å²) < 4.78 is 51.3. The number of rotatable bonds is 8. The van der Waals surface area contributed by atoms with E-state index in [-0.39, 0.29) is 29.2 Å². The molecule has 174 valence electrons. The number of halogens is 1. The fourth-order valence-corrected chi connectivity index (χ4v) is 4.43. The summed E-state index contributed by atoms with van der Waals surface area (Å²) >= 11 is 0. The zero-order valence-electron chi connectivity index (χ0n) is 18.2. The van der Waals surface area contributed by atoms with Crippen molar-refractivity contribution in [2.24, 2.45) is 0 Å². The number of aryl methyl sites for hydroxylation is 1. The average Bonchev–Trinajstić information content (AvgIpc) is 3.32. The molecule has 4 rings (SSSR count). The second kappa shape index (κ2) is 9.88. The van der Waals surface area contributed by atoms with Crippen LogP contribution >= 0.6 is 0 Å². The van der Waals surface area contributed by atoms with Crippen molar-refractivity contribution >= 4 is 21.7 Å². The molecule has 0 aliphatic rings. The summed E-state index contributed by atoms with van der Waals surface area (Å²) in [6.45, 7) is 0. The Morgan fingerprint density at radius 1 is 1.00 bits per heavy atom. The van der Waals surface area contributed by atoms with Gasteiger partial charge in [0.15, 0.2) is 11.7 Å². The fraction of sp³-hybridized carbons (Fsp3) is 0.120. The molecule has 0 bridgehead atoms. The second-order valence-electron chi connectivity index (χ2n) is 7.35. The minimum Gasteiger partial charge on any atom is -0.441 e. The highest BCUT2D eigenvalue weighted by molar-refractivity contribution is 7.92. The number of carbonyl (C=O) groups excluding carboxylic acids is 1. The molecular formula is C25H21FN2O5S. The monoisotopic (exact) mass is 480 g/mol. The molecule has 0 unspecified atom stereocenters. The normalized spacial score (nSPS) is 11.2. The lowest BCUT2D eigenvalue weighted by atomic mass is 10.2. The summed E-state index contributed by atoms with van der Waals surface area (Å²) in [5.74, 6) is -0.0810. The molecule has 1 aromatic heterocycles. The molecule has 0 aliphatic heterocycles. The van der Waals surface area contributed by atoms with Gasteiger partial charge in [-0.25, -0.2) is 17.8 Å². The Morgan fingerprint density at radius 3 is 2.38 bits per heavy atom. The van der Waals surface area contributed by atoms with Gasteiger partial charge in [-0.15, -0.1) is 0 Å². The molecule has 0 spiro atoms. The SMILES string of the molecule is CN(c1ccc(OC(=O)CCc2ncc(-c3ccccc3F)o2)cc1)S(=O)(=O)c1ccccc1. The third-order valence-corrected chi connectivity index (χ3v) is 6.87. The van der Waals surface area contributed by atoms with Crippen LogP contribution in [0.15, 0.2) is 94.4 Å². The average molecular weight is 481 g/mol. The van der Waals surface area contributed by atoms with Crippen LogP contribution in [0.5, 0.6) is 5.75 Å². The Kier molecular flexibility index (Phi) is 6.74. The molecule has 1 heterocycles. The van der Waals surface area contributed by atoms with E-state index in [1.807, 2.05) is 0 Å². The number of nitrogens with zero attached hydrogens (tertiary/aromatic N) is 2. The van der Waals surface area contributed by atoms with E-state index in [1.165, 1.54) is 43.6 Å². The van der Waals surface area contributed by atoms with Crippen LogP contribution in [-0.4, -0.2) is 26.4 Å². The zero-order valence-corrected chi connectivity index (χ0v) is 19.0. The molecule has 0 amide bonds. The smallest absolute Gasteiger partial charge is 0.311 e. The van der Waals surface area contributed by atoms with Crippen LogP contribution in [0.1, 0.15) is 12.3 Å². The molecule has 0 saturated heterocycles. The number of aromatic nitrogens is 1. The van der Waals surface area contributed by atoms with Crippen molar-refractivity contribution in [2.75, 3.05) is 11.4 Å². The van der Waals surface area contributed by atoms with Crippen LogP contribution in [0, 0.1) is 5.82 Å². The van der Waals surface area contributed by atoms with Crippen molar-refractivity contribution < 1.29 is 26.8 Å². The van der Waals surface area contributed by atoms with E-state index >= 15 is 0 Å². The largest absolute Gasteiger partial charge is 0.441 e. The number of hydrogen-bond donors (Lipinski definition) is 0. The quantitative estimate of drug-likeness (QED) is 0.265. The summed E-state index contributed by atoms with van der Waals surface area (Å²) in [5, 5.41) is 0. The van der Waals surface area contributed by atoms with Crippen molar-refractivity contribution in [1.82, 2.24) is 4.98 Å². The second-order valence-corrected chi connectivity index (χ2v) is 9.32. The van der Waals surface area contributed by atoms with E-state index in [2.05, 4.69) is 4.98 Å². The van der Waals surface area contributed by atoms with Gasteiger partial charge in [0.25, 0.3) is 10.0 Å². The fourth-order valence-electron chi connectivity index (χ4n) is 3.22. The number of ether oxygens (including phenoxy) is 1. The lowest BCUT2D eigenvalue weighted by molar-refractivity contribution is -0.134. The van der Waals surface area contributed by atoms with Gasteiger partial charge >= 0.3 is 5.97 Å². The highest BCUT2D eigenvalue weighted by Crippen LogP contribution is 2.25. The number of sulfonamides is 1. The Balaban J connectivity index is 1.34. The number of esters is 1. The van der Waals surface area contributed by atoms with Crippen molar-refractivity contribution in [3.05, 3.63) is 96.8 Å². The van der Waals surface area contributed by atoms with E-state index in [0.717, 1.165) is 4.31 Å². The van der Waals surface area contributed by atoms with Crippen molar-refractivity contribution in [3.63, 3.8) is 0 Å². The van der Waals surface area contributed by atoms with Crippen LogP contribution in [0.2, 0.25) is 0 Å². The first-order chi connectivity index (χ1) is 16.3. The molecule has 34 heavy (non-hydrogen) atoms. The van der Waals surface area contributed by atoms with Crippen molar-refractivity contribution in [3.8, 4) is 17.1 Å². The van der Waals surface area contributed by atoms with E-state index in [1.54, 1.807) is 48.5 Å². The van der Waals surface area contributed by atoms with E-state index < -0.39 is 21.8 Å². The topological polar surface area (TPSA) is 89.7 Å². The molecule has 0 fully saturated rings. The molecule has 0 saturated carbocycles. The summed E-state index contributed by atoms with van der Waals surface area (Å²) in [5.41, 5.74) is 0.715. The summed E-state index contributed by atoms with van der Waals surface area (Å²) in [7, 11) is -2.25. The van der Waals surface area contributed by atoms with Gasteiger partial charge in [0.1, 0.15) is 11.6 Å². The Bertz CT molecular complexity index is 1390. The van der Waals surface area contributed by atoms with Gasteiger partial charge < -0.3 is 9.15 Å². The maximum Gasteiger partial charge on any atom is 0.311 e. The molecule has 0 atom stereocenters. The first kappa shape index (κ1) is 23.2. The predicted octanol–water partition coefficient (Wildman–Crippen LogP) is 4.84. The van der Waals surface area contributed by atoms with Crippen LogP contribution in [0.25, 0.3) is 11.3 Å². The van der Waals surface area contributed by atoms with Gasteiger partial charge in [-0.1, -0.05) is 30.3 Å². The number of benzene rings is 3. The number of anilines is 1. The van der Waals surface area contributed by atoms with Crippen LogP contribution in [0.4, 0.5) is 10.1 Å². The number of hydrogen-bond acceptors (Lipinski definition) is 6. The lowest BCUT2D eigenvalue weighted by Crippen LogP contribution is -2.26. The molecule has 0 aliphatic carbocycles. The molecule has 7 nitrogen and oxygen atoms in total. The standard InChI is InChI=1S/C25H21FN2O5S/c1-28(34(30,31)20-7-3-2-4-8-20)18-11-13-19(14-12-18)32-25(29)16-15-24-27-17-23(33-24)21-9-5-6-10-22(21)26/h2-14,17H,15-16H2,1H3. The number of carbonyl (C=O) groups is 1. The van der Waals surface area contributed by atoms with Crippen LogP contribution in [0.3, 0.4) is 0 Å². The molecule has 3 aromatic carbocycles. The van der Waals surface area contributed by atoms with Crippen molar-refractivity contribution in [2.45, 2.75) is 17.7 Å². The molecule has 0 radical (unpaired) electrons. The third kappa shape index (κ3) is 5.15. The van der Waals surface area contributed by atoms with Crippen molar-refractivity contribution in [1.29, 1.82) is 0 Å². The van der Waals surface area contributed by atoms with Gasteiger partial charge in [-0.2, -0.15) is 0 Å². The van der Waals surface area contributed by atoms with Gasteiger partial charge in [0.2, 0.25) is 0 Å². The molecule has 4 aromatic rings.